The van der Waals surface area contributed by atoms with Gasteiger partial charge in [0.1, 0.15) is 11.5 Å². The van der Waals surface area contributed by atoms with Gasteiger partial charge < -0.3 is 20.2 Å². The predicted molar refractivity (Wildman–Crippen MR) is 57.5 cm³/mol. The Morgan fingerprint density at radius 3 is 2.73 bits per heavy atom. The lowest BCUT2D eigenvalue weighted by atomic mass is 9.86. The molecule has 2 heterocycles. The molecule has 0 spiro atoms. The Morgan fingerprint density at radius 2 is 2.27 bits per heavy atom. The van der Waals surface area contributed by atoms with Crippen molar-refractivity contribution in [3.8, 4) is 0 Å². The Hall–Kier alpha value is -0.840. The van der Waals surface area contributed by atoms with Gasteiger partial charge in [0.15, 0.2) is 0 Å². The van der Waals surface area contributed by atoms with E-state index in [9.17, 15) is 0 Å². The van der Waals surface area contributed by atoms with Crippen molar-refractivity contribution in [3.05, 3.63) is 23.7 Å². The number of aryl methyl sites for hydroxylation is 1. The molecule has 0 unspecified atom stereocenters. The van der Waals surface area contributed by atoms with Crippen LogP contribution in [0, 0.1) is 12.3 Å². The topological polar surface area (TPSA) is 60.4 Å². The van der Waals surface area contributed by atoms with Crippen molar-refractivity contribution in [1.29, 1.82) is 0 Å². The average Bonchev–Trinajstić information content (AvgIpc) is 2.56. The van der Waals surface area contributed by atoms with E-state index in [1.54, 1.807) is 0 Å². The second-order valence-electron chi connectivity index (χ2n) is 4.31. The molecule has 1 aliphatic heterocycles. The second kappa shape index (κ2) is 4.35. The lowest BCUT2D eigenvalue weighted by molar-refractivity contribution is -0.105. The highest BCUT2D eigenvalue weighted by Crippen LogP contribution is 2.24. The summed E-state index contributed by atoms with van der Waals surface area (Å²) in [6.45, 7) is 5.82. The van der Waals surface area contributed by atoms with Gasteiger partial charge in [-0.15, -0.1) is 0 Å². The molecule has 1 saturated heterocycles. The average molecular weight is 210 g/mol. The van der Waals surface area contributed by atoms with Crippen LogP contribution in [0.2, 0.25) is 0 Å². The molecule has 0 bridgehead atoms. The number of hydrogen-bond donors (Lipinski definition) is 2. The molecular formula is C11H18N2O2. The molecule has 0 aromatic carbocycles. The van der Waals surface area contributed by atoms with Crippen LogP contribution in [0.4, 0.5) is 0 Å². The minimum Gasteiger partial charge on any atom is -0.465 e. The van der Waals surface area contributed by atoms with Crippen LogP contribution in [0.1, 0.15) is 11.5 Å². The number of ether oxygens (including phenoxy) is 1. The molecule has 2 rings (SSSR count). The summed E-state index contributed by atoms with van der Waals surface area (Å²) in [5, 5.41) is 3.35. The van der Waals surface area contributed by atoms with Crippen molar-refractivity contribution in [1.82, 2.24) is 5.32 Å². The van der Waals surface area contributed by atoms with Gasteiger partial charge in [0, 0.05) is 18.5 Å². The van der Waals surface area contributed by atoms with Crippen molar-refractivity contribution >= 4 is 0 Å². The van der Waals surface area contributed by atoms with E-state index < -0.39 is 0 Å². The highest BCUT2D eigenvalue weighted by atomic mass is 16.5. The van der Waals surface area contributed by atoms with Crippen molar-refractivity contribution in [2.75, 3.05) is 26.3 Å². The third-order valence-electron chi connectivity index (χ3n) is 2.84. The van der Waals surface area contributed by atoms with E-state index in [4.69, 9.17) is 14.9 Å². The van der Waals surface area contributed by atoms with Gasteiger partial charge in [0.25, 0.3) is 0 Å². The Bertz CT molecular complexity index is 313. The van der Waals surface area contributed by atoms with E-state index in [1.165, 1.54) is 0 Å². The summed E-state index contributed by atoms with van der Waals surface area (Å²) in [6, 6.07) is 3.97. The number of nitrogens with two attached hydrogens (primary N) is 1. The fraction of sp³-hybridized carbons (Fsp3) is 0.636. The summed E-state index contributed by atoms with van der Waals surface area (Å²) < 4.78 is 10.7. The van der Waals surface area contributed by atoms with Crippen molar-refractivity contribution in [3.63, 3.8) is 0 Å². The smallest absolute Gasteiger partial charge is 0.117 e. The molecule has 1 aromatic rings. The highest BCUT2D eigenvalue weighted by molar-refractivity contribution is 5.05. The van der Waals surface area contributed by atoms with Crippen molar-refractivity contribution in [2.45, 2.75) is 13.5 Å². The molecule has 1 aromatic heterocycles. The fourth-order valence-electron chi connectivity index (χ4n) is 1.71. The molecule has 0 aliphatic carbocycles. The molecule has 3 N–H and O–H groups in total. The van der Waals surface area contributed by atoms with Gasteiger partial charge in [0.2, 0.25) is 0 Å². The Kier molecular flexibility index (Phi) is 3.09. The second-order valence-corrected chi connectivity index (χ2v) is 4.31. The zero-order valence-corrected chi connectivity index (χ0v) is 9.08. The van der Waals surface area contributed by atoms with Crippen LogP contribution < -0.4 is 11.1 Å². The number of rotatable bonds is 5. The lowest BCUT2D eigenvalue weighted by Crippen LogP contribution is -2.54. The molecule has 4 heteroatoms. The van der Waals surface area contributed by atoms with Gasteiger partial charge in [-0.05, 0) is 19.1 Å². The van der Waals surface area contributed by atoms with Gasteiger partial charge in [-0.3, -0.25) is 0 Å². The molecule has 1 aliphatic rings. The van der Waals surface area contributed by atoms with E-state index in [0.29, 0.717) is 6.54 Å². The third kappa shape index (κ3) is 2.40. The quantitative estimate of drug-likeness (QED) is 0.749. The maximum absolute atomic E-state index is 5.71. The summed E-state index contributed by atoms with van der Waals surface area (Å²) in [4.78, 5) is 0. The minimum absolute atomic E-state index is 0.154. The van der Waals surface area contributed by atoms with Gasteiger partial charge in [0.05, 0.1) is 19.8 Å². The van der Waals surface area contributed by atoms with Gasteiger partial charge >= 0.3 is 0 Å². The maximum Gasteiger partial charge on any atom is 0.117 e. The predicted octanol–water partition coefficient (Wildman–Crippen LogP) is 0.653. The zero-order chi connectivity index (χ0) is 10.7. The molecule has 84 valence electrons. The molecule has 0 amide bonds. The fourth-order valence-corrected chi connectivity index (χ4v) is 1.71. The zero-order valence-electron chi connectivity index (χ0n) is 9.08. The molecule has 0 atom stereocenters. The van der Waals surface area contributed by atoms with Crippen molar-refractivity contribution < 1.29 is 9.15 Å². The first-order valence-corrected chi connectivity index (χ1v) is 5.28. The molecule has 0 radical (unpaired) electrons. The van der Waals surface area contributed by atoms with E-state index in [-0.39, 0.29) is 5.41 Å². The first-order chi connectivity index (χ1) is 7.24. The molecule has 0 saturated carbocycles. The Morgan fingerprint density at radius 1 is 1.47 bits per heavy atom. The van der Waals surface area contributed by atoms with Gasteiger partial charge in [-0.2, -0.15) is 0 Å². The van der Waals surface area contributed by atoms with E-state index in [2.05, 4.69) is 5.32 Å². The monoisotopic (exact) mass is 210 g/mol. The summed E-state index contributed by atoms with van der Waals surface area (Å²) in [7, 11) is 0. The molecule has 15 heavy (non-hydrogen) atoms. The number of furan rings is 1. The first kappa shape index (κ1) is 10.7. The van der Waals surface area contributed by atoms with Crippen LogP contribution in [-0.4, -0.2) is 26.3 Å². The summed E-state index contributed by atoms with van der Waals surface area (Å²) >= 11 is 0. The van der Waals surface area contributed by atoms with Crippen LogP contribution >= 0.6 is 0 Å². The SMILES string of the molecule is Cc1ccc(CNCC2(CN)COC2)o1. The van der Waals surface area contributed by atoms with Crippen LogP contribution in [-0.2, 0) is 11.3 Å². The Labute approximate surface area is 89.8 Å². The van der Waals surface area contributed by atoms with Crippen LogP contribution in [0.25, 0.3) is 0 Å². The lowest BCUT2D eigenvalue weighted by Gasteiger charge is -2.40. The largest absolute Gasteiger partial charge is 0.465 e. The van der Waals surface area contributed by atoms with Gasteiger partial charge in [-0.1, -0.05) is 0 Å². The van der Waals surface area contributed by atoms with E-state index in [0.717, 1.165) is 37.8 Å². The molecule has 4 nitrogen and oxygen atoms in total. The normalized spacial score (nSPS) is 18.8. The minimum atomic E-state index is 0.154. The Balaban J connectivity index is 1.74. The maximum atomic E-state index is 5.71. The van der Waals surface area contributed by atoms with E-state index >= 15 is 0 Å². The third-order valence-corrected chi connectivity index (χ3v) is 2.84. The summed E-state index contributed by atoms with van der Waals surface area (Å²) in [5.74, 6) is 1.92. The molecule has 1 fully saturated rings. The standard InChI is InChI=1S/C11H18N2O2/c1-9-2-3-10(15-9)4-13-6-11(5-12)7-14-8-11/h2-3,13H,4-8,12H2,1H3. The number of nitrogens with one attached hydrogen (secondary N) is 1. The summed E-state index contributed by atoms with van der Waals surface area (Å²) in [5.41, 5.74) is 5.86. The van der Waals surface area contributed by atoms with Crippen LogP contribution in [0.15, 0.2) is 16.5 Å². The first-order valence-electron chi connectivity index (χ1n) is 5.28. The van der Waals surface area contributed by atoms with Crippen LogP contribution in [0.5, 0.6) is 0 Å². The van der Waals surface area contributed by atoms with Crippen molar-refractivity contribution in [2.24, 2.45) is 11.1 Å². The highest BCUT2D eigenvalue weighted by Gasteiger charge is 2.36. The van der Waals surface area contributed by atoms with Gasteiger partial charge in [-0.25, -0.2) is 0 Å². The van der Waals surface area contributed by atoms with Crippen LogP contribution in [0.3, 0.4) is 0 Å². The van der Waals surface area contributed by atoms with E-state index in [1.807, 2.05) is 19.1 Å². The number of hydrogen-bond acceptors (Lipinski definition) is 4. The molecular weight excluding hydrogens is 192 g/mol. The summed E-state index contributed by atoms with van der Waals surface area (Å²) in [6.07, 6.45) is 0.